The molecule has 2 unspecified atom stereocenters. The van der Waals surface area contributed by atoms with Crippen LogP contribution in [0.4, 0.5) is 0 Å². The van der Waals surface area contributed by atoms with E-state index in [9.17, 15) is 5.11 Å². The van der Waals surface area contributed by atoms with Crippen molar-refractivity contribution in [2.24, 2.45) is 11.7 Å². The zero-order valence-corrected chi connectivity index (χ0v) is 13.9. The topological polar surface area (TPSA) is 49.5 Å². The van der Waals surface area contributed by atoms with Crippen LogP contribution in [0.1, 0.15) is 44.7 Å². The Kier molecular flexibility index (Phi) is 5.47. The highest BCUT2D eigenvalue weighted by atomic mass is 79.9. The number of nitrogens with zero attached hydrogens (tertiary/aromatic N) is 1. The number of piperidine rings is 1. The fourth-order valence-corrected chi connectivity index (χ4v) is 3.60. The van der Waals surface area contributed by atoms with Gasteiger partial charge in [-0.3, -0.25) is 4.90 Å². The SMILES string of the molecule is CCC(c1cc(Br)ccc1O)N1CCC(C(C)N)CC1. The fourth-order valence-electron chi connectivity index (χ4n) is 3.22. The molecule has 1 fully saturated rings. The van der Waals surface area contributed by atoms with E-state index in [0.717, 1.165) is 42.4 Å². The number of likely N-dealkylation sites (tertiary alicyclic amines) is 1. The summed E-state index contributed by atoms with van der Waals surface area (Å²) in [6, 6.07) is 6.28. The van der Waals surface area contributed by atoms with Crippen molar-refractivity contribution in [3.05, 3.63) is 28.2 Å². The molecule has 1 heterocycles. The third kappa shape index (κ3) is 3.54. The van der Waals surface area contributed by atoms with Gasteiger partial charge in [0.15, 0.2) is 0 Å². The van der Waals surface area contributed by atoms with Crippen LogP contribution >= 0.6 is 15.9 Å². The highest BCUT2D eigenvalue weighted by Gasteiger charge is 2.27. The first kappa shape index (κ1) is 15.8. The predicted octanol–water partition coefficient (Wildman–Crippen LogP) is 3.67. The molecule has 2 atom stereocenters. The number of hydrogen-bond acceptors (Lipinski definition) is 3. The van der Waals surface area contributed by atoms with E-state index >= 15 is 0 Å². The molecule has 1 aromatic carbocycles. The normalized spacial score (nSPS) is 20.8. The molecule has 0 amide bonds. The molecule has 0 saturated carbocycles. The van der Waals surface area contributed by atoms with Gasteiger partial charge in [0.25, 0.3) is 0 Å². The van der Waals surface area contributed by atoms with E-state index in [1.807, 2.05) is 12.1 Å². The number of aromatic hydroxyl groups is 1. The van der Waals surface area contributed by atoms with Crippen LogP contribution in [0.3, 0.4) is 0 Å². The zero-order valence-electron chi connectivity index (χ0n) is 12.3. The minimum Gasteiger partial charge on any atom is -0.508 e. The first-order valence-electron chi connectivity index (χ1n) is 7.51. The highest BCUT2D eigenvalue weighted by molar-refractivity contribution is 9.10. The van der Waals surface area contributed by atoms with Crippen molar-refractivity contribution < 1.29 is 5.11 Å². The summed E-state index contributed by atoms with van der Waals surface area (Å²) in [5.74, 6) is 1.04. The molecular formula is C16H25BrN2O. The standard InChI is InChI=1S/C16H25BrN2O/c1-3-15(14-10-13(17)4-5-16(14)20)19-8-6-12(7-9-19)11(2)18/h4-5,10-12,15,20H,3,6-9,18H2,1-2H3. The summed E-state index contributed by atoms with van der Waals surface area (Å²) < 4.78 is 1.02. The van der Waals surface area contributed by atoms with Crippen LogP contribution in [0, 0.1) is 5.92 Å². The Labute approximate surface area is 130 Å². The number of nitrogens with two attached hydrogens (primary N) is 1. The molecule has 20 heavy (non-hydrogen) atoms. The Hall–Kier alpha value is -0.580. The lowest BCUT2D eigenvalue weighted by molar-refractivity contribution is 0.120. The molecular weight excluding hydrogens is 316 g/mol. The second-order valence-corrected chi connectivity index (χ2v) is 6.78. The minimum atomic E-state index is 0.288. The molecule has 1 aliphatic heterocycles. The smallest absolute Gasteiger partial charge is 0.120 e. The summed E-state index contributed by atoms with van der Waals surface area (Å²) in [5.41, 5.74) is 7.04. The van der Waals surface area contributed by atoms with Crippen molar-refractivity contribution in [1.82, 2.24) is 4.90 Å². The van der Waals surface area contributed by atoms with Gasteiger partial charge in [-0.15, -0.1) is 0 Å². The summed E-state index contributed by atoms with van der Waals surface area (Å²) in [6.45, 7) is 6.42. The van der Waals surface area contributed by atoms with Crippen molar-refractivity contribution in [2.45, 2.75) is 45.2 Å². The number of benzene rings is 1. The van der Waals surface area contributed by atoms with Crippen LogP contribution in [0.2, 0.25) is 0 Å². The molecule has 2 rings (SSSR count). The van der Waals surface area contributed by atoms with Gasteiger partial charge in [-0.2, -0.15) is 0 Å². The van der Waals surface area contributed by atoms with Crippen molar-refractivity contribution in [1.29, 1.82) is 0 Å². The molecule has 0 radical (unpaired) electrons. The maximum atomic E-state index is 10.1. The molecule has 3 N–H and O–H groups in total. The summed E-state index contributed by atoms with van der Waals surface area (Å²) in [5, 5.41) is 10.1. The molecule has 1 aromatic rings. The van der Waals surface area contributed by atoms with Gasteiger partial charge in [-0.1, -0.05) is 22.9 Å². The van der Waals surface area contributed by atoms with Gasteiger partial charge in [-0.25, -0.2) is 0 Å². The average Bonchev–Trinajstić information content (AvgIpc) is 2.44. The van der Waals surface area contributed by atoms with Gasteiger partial charge in [0, 0.05) is 22.1 Å². The Morgan fingerprint density at radius 1 is 1.40 bits per heavy atom. The van der Waals surface area contributed by atoms with Crippen LogP contribution in [0.15, 0.2) is 22.7 Å². The molecule has 112 valence electrons. The van der Waals surface area contributed by atoms with E-state index in [-0.39, 0.29) is 6.04 Å². The maximum absolute atomic E-state index is 10.1. The van der Waals surface area contributed by atoms with E-state index in [1.54, 1.807) is 6.07 Å². The first-order chi connectivity index (χ1) is 9.52. The molecule has 0 aliphatic carbocycles. The van der Waals surface area contributed by atoms with Crippen LogP contribution in [0.5, 0.6) is 5.75 Å². The Morgan fingerprint density at radius 3 is 2.60 bits per heavy atom. The van der Waals surface area contributed by atoms with E-state index in [4.69, 9.17) is 5.73 Å². The van der Waals surface area contributed by atoms with Gasteiger partial charge in [0.1, 0.15) is 5.75 Å². The molecule has 0 bridgehead atoms. The van der Waals surface area contributed by atoms with Gasteiger partial charge in [-0.05, 0) is 63.4 Å². The number of phenolic OH excluding ortho intramolecular Hbond substituents is 1. The van der Waals surface area contributed by atoms with Crippen molar-refractivity contribution in [3.63, 3.8) is 0 Å². The van der Waals surface area contributed by atoms with E-state index < -0.39 is 0 Å². The summed E-state index contributed by atoms with van der Waals surface area (Å²) >= 11 is 3.50. The van der Waals surface area contributed by atoms with Crippen LogP contribution in [-0.4, -0.2) is 29.1 Å². The quantitative estimate of drug-likeness (QED) is 0.879. The van der Waals surface area contributed by atoms with E-state index in [1.165, 1.54) is 0 Å². The van der Waals surface area contributed by atoms with Gasteiger partial charge < -0.3 is 10.8 Å². The van der Waals surface area contributed by atoms with E-state index in [0.29, 0.717) is 17.7 Å². The van der Waals surface area contributed by atoms with Crippen LogP contribution in [-0.2, 0) is 0 Å². The Morgan fingerprint density at radius 2 is 2.05 bits per heavy atom. The monoisotopic (exact) mass is 340 g/mol. The van der Waals surface area contributed by atoms with Crippen molar-refractivity contribution >= 4 is 15.9 Å². The summed E-state index contributed by atoms with van der Waals surface area (Å²) in [7, 11) is 0. The van der Waals surface area contributed by atoms with Crippen molar-refractivity contribution in [2.75, 3.05) is 13.1 Å². The molecule has 3 nitrogen and oxygen atoms in total. The Bertz CT molecular complexity index is 442. The first-order valence-corrected chi connectivity index (χ1v) is 8.30. The Balaban J connectivity index is 2.11. The lowest BCUT2D eigenvalue weighted by Crippen LogP contribution is -2.41. The van der Waals surface area contributed by atoms with E-state index in [2.05, 4.69) is 34.7 Å². The zero-order chi connectivity index (χ0) is 14.7. The third-order valence-electron chi connectivity index (χ3n) is 4.49. The maximum Gasteiger partial charge on any atom is 0.120 e. The van der Waals surface area contributed by atoms with Crippen molar-refractivity contribution in [3.8, 4) is 5.75 Å². The highest BCUT2D eigenvalue weighted by Crippen LogP contribution is 2.35. The van der Waals surface area contributed by atoms with Gasteiger partial charge in [0.2, 0.25) is 0 Å². The number of hydrogen-bond donors (Lipinski definition) is 2. The molecule has 1 saturated heterocycles. The largest absolute Gasteiger partial charge is 0.508 e. The summed E-state index contributed by atoms with van der Waals surface area (Å²) in [4.78, 5) is 2.49. The third-order valence-corrected chi connectivity index (χ3v) is 4.99. The molecule has 1 aliphatic rings. The number of phenols is 1. The average molecular weight is 341 g/mol. The van der Waals surface area contributed by atoms with Gasteiger partial charge in [0.05, 0.1) is 0 Å². The van der Waals surface area contributed by atoms with Gasteiger partial charge >= 0.3 is 0 Å². The van der Waals surface area contributed by atoms with Crippen LogP contribution in [0.25, 0.3) is 0 Å². The molecule has 0 spiro atoms. The summed E-state index contributed by atoms with van der Waals surface area (Å²) in [6.07, 6.45) is 3.32. The second-order valence-electron chi connectivity index (χ2n) is 5.86. The fraction of sp³-hybridized carbons (Fsp3) is 0.625. The minimum absolute atomic E-state index is 0.288. The molecule has 4 heteroatoms. The second kappa shape index (κ2) is 6.92. The lowest BCUT2D eigenvalue weighted by Gasteiger charge is -2.38. The number of rotatable bonds is 4. The van der Waals surface area contributed by atoms with Crippen LogP contribution < -0.4 is 5.73 Å². The predicted molar refractivity (Wildman–Crippen MR) is 86.8 cm³/mol. The number of halogens is 1. The molecule has 0 aromatic heterocycles. The lowest BCUT2D eigenvalue weighted by atomic mass is 9.89.